The van der Waals surface area contributed by atoms with Crippen LogP contribution in [-0.2, 0) is 4.79 Å². The molecular formula is C17H30N2O. The van der Waals surface area contributed by atoms with Crippen LogP contribution in [0.4, 0.5) is 0 Å². The molecule has 2 aliphatic carbocycles. The Morgan fingerprint density at radius 1 is 1.20 bits per heavy atom. The quantitative estimate of drug-likeness (QED) is 0.837. The molecule has 3 fully saturated rings. The molecule has 3 heteroatoms. The molecule has 0 aromatic rings. The lowest BCUT2D eigenvalue weighted by molar-refractivity contribution is -0.134. The molecule has 114 valence electrons. The Morgan fingerprint density at radius 2 is 1.90 bits per heavy atom. The van der Waals surface area contributed by atoms with Gasteiger partial charge in [-0.25, -0.2) is 0 Å². The summed E-state index contributed by atoms with van der Waals surface area (Å²) in [4.78, 5) is 15.1. The number of nitrogens with zero attached hydrogens (tertiary/aromatic N) is 1. The summed E-state index contributed by atoms with van der Waals surface area (Å²) in [6.45, 7) is 4.47. The van der Waals surface area contributed by atoms with Crippen LogP contribution >= 0.6 is 0 Å². The molecule has 1 heterocycles. The van der Waals surface area contributed by atoms with Crippen LogP contribution in [0.15, 0.2) is 0 Å². The maximum absolute atomic E-state index is 12.8. The number of amides is 1. The molecule has 0 radical (unpaired) electrons. The van der Waals surface area contributed by atoms with Crippen molar-refractivity contribution in [3.63, 3.8) is 0 Å². The van der Waals surface area contributed by atoms with Crippen molar-refractivity contribution in [1.29, 1.82) is 0 Å². The third-order valence-electron chi connectivity index (χ3n) is 5.92. The van der Waals surface area contributed by atoms with Gasteiger partial charge in [-0.1, -0.05) is 32.6 Å². The highest BCUT2D eigenvalue weighted by atomic mass is 16.2. The van der Waals surface area contributed by atoms with E-state index in [1.807, 2.05) is 0 Å². The van der Waals surface area contributed by atoms with E-state index in [1.165, 1.54) is 44.9 Å². The van der Waals surface area contributed by atoms with E-state index in [1.54, 1.807) is 0 Å². The summed E-state index contributed by atoms with van der Waals surface area (Å²) in [5.41, 5.74) is 0. The second-order valence-electron chi connectivity index (χ2n) is 7.17. The fraction of sp³-hybridized carbons (Fsp3) is 0.941. The summed E-state index contributed by atoms with van der Waals surface area (Å²) in [5.74, 6) is 1.84. The highest BCUT2D eigenvalue weighted by molar-refractivity contribution is 5.84. The molecule has 1 saturated heterocycles. The van der Waals surface area contributed by atoms with E-state index >= 15 is 0 Å². The molecule has 2 saturated carbocycles. The highest BCUT2D eigenvalue weighted by Gasteiger charge is 2.46. The van der Waals surface area contributed by atoms with Crippen LogP contribution in [0.5, 0.6) is 0 Å². The number of hydrogen-bond donors (Lipinski definition) is 1. The normalized spacial score (nSPS) is 33.7. The zero-order valence-electron chi connectivity index (χ0n) is 13.1. The Bertz CT molecular complexity index is 347. The van der Waals surface area contributed by atoms with Crippen molar-refractivity contribution in [2.75, 3.05) is 0 Å². The summed E-state index contributed by atoms with van der Waals surface area (Å²) >= 11 is 0. The molecule has 0 spiro atoms. The number of rotatable bonds is 5. The number of nitrogens with one attached hydrogen (secondary N) is 1. The van der Waals surface area contributed by atoms with Gasteiger partial charge in [0.05, 0.1) is 12.2 Å². The van der Waals surface area contributed by atoms with Crippen molar-refractivity contribution in [2.45, 2.75) is 89.9 Å². The zero-order valence-corrected chi connectivity index (χ0v) is 13.1. The summed E-state index contributed by atoms with van der Waals surface area (Å²) in [7, 11) is 0. The van der Waals surface area contributed by atoms with Gasteiger partial charge in [0.25, 0.3) is 0 Å². The summed E-state index contributed by atoms with van der Waals surface area (Å²) in [6.07, 6.45) is 11.7. The molecule has 3 rings (SSSR count). The fourth-order valence-electron chi connectivity index (χ4n) is 4.41. The minimum absolute atomic E-state index is 0.0909. The van der Waals surface area contributed by atoms with E-state index in [2.05, 4.69) is 24.1 Å². The molecule has 0 aromatic carbocycles. The maximum atomic E-state index is 12.8. The van der Waals surface area contributed by atoms with Gasteiger partial charge in [-0.15, -0.1) is 0 Å². The lowest BCUT2D eigenvalue weighted by Gasteiger charge is -2.41. The van der Waals surface area contributed by atoms with Crippen molar-refractivity contribution in [3.05, 3.63) is 0 Å². The Balaban J connectivity index is 1.75. The molecule has 3 atom stereocenters. The van der Waals surface area contributed by atoms with Crippen molar-refractivity contribution in [1.82, 2.24) is 10.2 Å². The number of carbonyl (C=O) groups is 1. The average Bonchev–Trinajstić information content (AvgIpc) is 2.96. The summed E-state index contributed by atoms with van der Waals surface area (Å²) in [6, 6.07) is 0.532. The topological polar surface area (TPSA) is 32.3 Å². The van der Waals surface area contributed by atoms with Crippen LogP contribution in [-0.4, -0.2) is 29.1 Å². The lowest BCUT2D eigenvalue weighted by Crippen LogP contribution is -2.50. The lowest BCUT2D eigenvalue weighted by atomic mass is 9.79. The first kappa shape index (κ1) is 14.4. The Labute approximate surface area is 123 Å². The monoisotopic (exact) mass is 278 g/mol. The van der Waals surface area contributed by atoms with Gasteiger partial charge < -0.3 is 4.90 Å². The Kier molecular flexibility index (Phi) is 4.34. The molecule has 0 aromatic heterocycles. The van der Waals surface area contributed by atoms with E-state index < -0.39 is 0 Å². The second-order valence-corrected chi connectivity index (χ2v) is 7.17. The number of carbonyl (C=O) groups excluding carboxylic acids is 1. The van der Waals surface area contributed by atoms with E-state index in [0.717, 1.165) is 18.8 Å². The summed E-state index contributed by atoms with van der Waals surface area (Å²) in [5, 5.41) is 3.69. The third-order valence-corrected chi connectivity index (χ3v) is 5.92. The molecule has 3 nitrogen and oxygen atoms in total. The van der Waals surface area contributed by atoms with Crippen LogP contribution in [0.1, 0.15) is 71.6 Å². The van der Waals surface area contributed by atoms with Gasteiger partial charge in [0.1, 0.15) is 0 Å². The first-order valence-electron chi connectivity index (χ1n) is 8.80. The van der Waals surface area contributed by atoms with Crippen molar-refractivity contribution in [3.8, 4) is 0 Å². The van der Waals surface area contributed by atoms with Gasteiger partial charge in [-0.3, -0.25) is 10.1 Å². The maximum Gasteiger partial charge on any atom is 0.241 e. The molecule has 1 N–H and O–H groups in total. The number of hydrogen-bond acceptors (Lipinski definition) is 2. The minimum Gasteiger partial charge on any atom is -0.323 e. The van der Waals surface area contributed by atoms with Crippen molar-refractivity contribution in [2.24, 2.45) is 11.8 Å². The molecular weight excluding hydrogens is 248 g/mol. The molecule has 0 bridgehead atoms. The van der Waals surface area contributed by atoms with Crippen LogP contribution in [0.25, 0.3) is 0 Å². The third kappa shape index (κ3) is 2.49. The largest absolute Gasteiger partial charge is 0.323 e. The first-order chi connectivity index (χ1) is 9.72. The second kappa shape index (κ2) is 6.05. The Hall–Kier alpha value is -0.570. The minimum atomic E-state index is 0.0909. The molecule has 3 aliphatic rings. The van der Waals surface area contributed by atoms with E-state index in [-0.39, 0.29) is 6.04 Å². The van der Waals surface area contributed by atoms with Gasteiger partial charge in [0.2, 0.25) is 5.91 Å². The SMILES string of the molecule is CCCC1NC(C2CCCC2)N(C(C)C2CCC2)C1=O. The van der Waals surface area contributed by atoms with Crippen molar-refractivity contribution >= 4 is 5.91 Å². The van der Waals surface area contributed by atoms with Gasteiger partial charge >= 0.3 is 0 Å². The molecule has 20 heavy (non-hydrogen) atoms. The molecule has 3 unspecified atom stereocenters. The smallest absolute Gasteiger partial charge is 0.241 e. The van der Waals surface area contributed by atoms with Gasteiger partial charge in [-0.2, -0.15) is 0 Å². The predicted molar refractivity (Wildman–Crippen MR) is 81.2 cm³/mol. The average molecular weight is 278 g/mol. The zero-order chi connectivity index (χ0) is 14.1. The molecule has 1 amide bonds. The van der Waals surface area contributed by atoms with Crippen LogP contribution in [0.3, 0.4) is 0 Å². The molecule has 1 aliphatic heterocycles. The highest BCUT2D eigenvalue weighted by Crippen LogP contribution is 2.38. The Morgan fingerprint density at radius 3 is 2.45 bits per heavy atom. The van der Waals surface area contributed by atoms with Crippen molar-refractivity contribution < 1.29 is 4.79 Å². The van der Waals surface area contributed by atoms with Crippen LogP contribution in [0, 0.1) is 11.8 Å². The summed E-state index contributed by atoms with van der Waals surface area (Å²) < 4.78 is 0. The van der Waals surface area contributed by atoms with Crippen LogP contribution in [0.2, 0.25) is 0 Å². The predicted octanol–water partition coefficient (Wildman–Crippen LogP) is 3.29. The van der Waals surface area contributed by atoms with Crippen LogP contribution < -0.4 is 5.32 Å². The van der Waals surface area contributed by atoms with Gasteiger partial charge in [0.15, 0.2) is 0 Å². The fourth-order valence-corrected chi connectivity index (χ4v) is 4.41. The van der Waals surface area contributed by atoms with E-state index in [0.29, 0.717) is 24.0 Å². The first-order valence-corrected chi connectivity index (χ1v) is 8.80. The van der Waals surface area contributed by atoms with E-state index in [4.69, 9.17) is 0 Å². The van der Waals surface area contributed by atoms with Gasteiger partial charge in [-0.05, 0) is 50.9 Å². The van der Waals surface area contributed by atoms with E-state index in [9.17, 15) is 4.79 Å². The van der Waals surface area contributed by atoms with Gasteiger partial charge in [0, 0.05) is 6.04 Å². The standard InChI is InChI=1S/C17H30N2O/c1-3-7-15-17(20)19(12(2)13-10-6-11-13)16(18-15)14-8-4-5-9-14/h12-16,18H,3-11H2,1-2H3.